The zero-order valence-corrected chi connectivity index (χ0v) is 48.6. The van der Waals surface area contributed by atoms with Gasteiger partial charge in [0, 0.05) is 11.1 Å². The summed E-state index contributed by atoms with van der Waals surface area (Å²) in [5, 5.41) is 108. The number of rotatable bonds is 20. The van der Waals surface area contributed by atoms with Crippen LogP contribution < -0.4 is 36.7 Å². The Kier molecular flexibility index (Phi) is 23.6. The van der Waals surface area contributed by atoms with Gasteiger partial charge in [0.05, 0.1) is 85.4 Å². The van der Waals surface area contributed by atoms with Crippen LogP contribution in [0.2, 0.25) is 10.6 Å². The lowest BCUT2D eigenvalue weighted by molar-refractivity contribution is -0.603. The van der Waals surface area contributed by atoms with E-state index in [2.05, 4.69) is 80.7 Å². The number of anilines is 5. The number of aliphatic hydroxyl groups excluding tert-OH is 4. The zero-order valence-electron chi connectivity index (χ0n) is 43.9. The van der Waals surface area contributed by atoms with Gasteiger partial charge in [0.1, 0.15) is 40.2 Å². The van der Waals surface area contributed by atoms with E-state index in [1.807, 2.05) is 0 Å². The molecule has 1 fully saturated rings. The number of pyridine rings is 1. The quantitative estimate of drug-likeness (QED) is 0.00911. The van der Waals surface area contributed by atoms with Gasteiger partial charge in [-0.25, -0.2) is 31.8 Å². The number of aromatic nitrogens is 7. The maximum Gasteiger partial charge on any atom is 0.444 e. The molecule has 39 heteroatoms. The summed E-state index contributed by atoms with van der Waals surface area (Å²) in [5.74, 6) is 3.12. The number of azo groups is 2. The molecule has 6 aromatic carbocycles. The molecule has 0 amide bonds. The summed E-state index contributed by atoms with van der Waals surface area (Å²) in [6.45, 7) is -0.668. The topological polar surface area (TPSA) is 501 Å². The third-order valence-electron chi connectivity index (χ3n) is 12.0. The van der Waals surface area contributed by atoms with Gasteiger partial charge in [-0.3, -0.25) is 0 Å². The molecule has 90 heavy (non-hydrogen) atoms. The number of aromatic hydroxyl groups is 1. The van der Waals surface area contributed by atoms with Gasteiger partial charge < -0.3 is 55.9 Å². The first kappa shape index (κ1) is 69.3. The molecule has 0 saturated carbocycles. The molecule has 5 atom stereocenters. The molecule has 13 N–H and O–H groups in total. The van der Waals surface area contributed by atoms with Crippen molar-refractivity contribution in [2.24, 2.45) is 31.5 Å². The van der Waals surface area contributed by atoms with E-state index < -0.39 is 73.8 Å². The molecular weight excluding hydrogens is 1310 g/mol. The van der Waals surface area contributed by atoms with Crippen LogP contribution in [0.3, 0.4) is 0 Å². The lowest BCUT2D eigenvalue weighted by Crippen LogP contribution is -2.61. The third-order valence-corrected chi connectivity index (χ3v) is 15.3. The first-order chi connectivity index (χ1) is 42.1. The first-order valence-corrected chi connectivity index (χ1v) is 29.6. The van der Waals surface area contributed by atoms with Crippen molar-refractivity contribution < 1.29 is 85.3 Å². The molecule has 33 nitrogen and oxygen atoms in total. The first-order valence-electron chi connectivity index (χ1n) is 24.5. The highest BCUT2D eigenvalue weighted by Gasteiger charge is 2.44. The number of phenols is 1. The van der Waals surface area contributed by atoms with Crippen LogP contribution in [0.25, 0.3) is 27.5 Å². The number of nitrogens with zero attached hydrogens (tertiary/aromatic N) is 11. The highest BCUT2D eigenvalue weighted by molar-refractivity contribution is 7.95. The monoisotopic (exact) mass is 1360 g/mol. The normalized spacial score (nSPS) is 16.7. The van der Waals surface area contributed by atoms with Gasteiger partial charge >= 0.3 is 17.8 Å². The predicted molar refractivity (Wildman–Crippen MR) is 321 cm³/mol. The lowest BCUT2D eigenvalue weighted by atomic mass is 9.97. The summed E-state index contributed by atoms with van der Waals surface area (Å²) in [6.07, 6.45) is -2.96. The van der Waals surface area contributed by atoms with E-state index in [9.17, 15) is 52.0 Å². The van der Waals surface area contributed by atoms with E-state index >= 15 is 0 Å². The molecule has 5 unspecified atom stereocenters. The minimum absolute atomic E-state index is 0. The van der Waals surface area contributed by atoms with E-state index in [1.54, 1.807) is 91.3 Å². The second-order valence-corrected chi connectivity index (χ2v) is 22.8. The fraction of sp³-hybridized carbons (Fsp3) is 0.157. The summed E-state index contributed by atoms with van der Waals surface area (Å²) in [5.41, 5.74) is 0.284. The summed E-state index contributed by atoms with van der Waals surface area (Å²) in [6, 6.07) is 27.8. The molecule has 4 heterocycles. The van der Waals surface area contributed by atoms with Crippen LogP contribution in [0, 0.1) is 0 Å². The molecule has 0 radical (unpaired) electrons. The van der Waals surface area contributed by atoms with Crippen LogP contribution in [-0.4, -0.2) is 119 Å². The van der Waals surface area contributed by atoms with Crippen molar-refractivity contribution in [3.8, 4) is 17.4 Å². The van der Waals surface area contributed by atoms with E-state index in [4.69, 9.17) is 48.6 Å². The van der Waals surface area contributed by atoms with Crippen molar-refractivity contribution in [1.29, 1.82) is 0 Å². The Morgan fingerprint density at radius 3 is 1.78 bits per heavy atom. The molecule has 1 saturated heterocycles. The molecule has 10 rings (SSSR count). The van der Waals surface area contributed by atoms with Gasteiger partial charge in [-0.15, -0.1) is 28.9 Å². The predicted octanol–water partition coefficient (Wildman–Crippen LogP) is 7.02. The zero-order chi connectivity index (χ0) is 62.9. The SMILES string of the molecule is C.C.NOOSc1cc2cc(S(N)(=O)=O)cc(Nc3nc(NC4C(O)OC(CO)C(O)C4O)nc(-[n+]4ccccc4)n3)c2c(O)c1N=Nc1ccccc1.O=S(=O)([O-])c1cc(Nc2nc(Cl)nc(Cl)n2)c2c([O-])c(N=Nc3ccccc3)c(SOOO)cc2c1. The maximum atomic E-state index is 13.5. The fourth-order valence-corrected chi connectivity index (χ4v) is 10.7. The van der Waals surface area contributed by atoms with E-state index in [1.165, 1.54) is 22.8 Å². The van der Waals surface area contributed by atoms with Crippen LogP contribution >= 0.6 is 47.3 Å². The average Bonchev–Trinajstić information content (AvgIpc) is 0.792. The van der Waals surface area contributed by atoms with Crippen molar-refractivity contribution in [2.45, 2.75) is 65.1 Å². The molecule has 1 aliphatic rings. The number of benzene rings is 6. The van der Waals surface area contributed by atoms with Gasteiger partial charge in [-0.05, 0) is 122 Å². The van der Waals surface area contributed by atoms with Crippen molar-refractivity contribution in [3.63, 3.8) is 0 Å². The Morgan fingerprint density at radius 2 is 1.20 bits per heavy atom. The summed E-state index contributed by atoms with van der Waals surface area (Å²) in [4.78, 5) is 27.7. The molecule has 0 bridgehead atoms. The van der Waals surface area contributed by atoms with Gasteiger partial charge in [-0.2, -0.15) is 31.1 Å². The van der Waals surface area contributed by atoms with Crippen LogP contribution in [0.1, 0.15) is 14.9 Å². The van der Waals surface area contributed by atoms with E-state index in [0.717, 1.165) is 18.2 Å². The number of sulfonamides is 1. The van der Waals surface area contributed by atoms with E-state index in [-0.39, 0.29) is 108 Å². The van der Waals surface area contributed by atoms with Crippen LogP contribution in [0.4, 0.5) is 52.0 Å². The molecule has 1 aliphatic heterocycles. The summed E-state index contributed by atoms with van der Waals surface area (Å²) >= 11 is 12.5. The van der Waals surface area contributed by atoms with Crippen LogP contribution in [-0.2, 0) is 43.6 Å². The van der Waals surface area contributed by atoms with Crippen molar-refractivity contribution in [1.82, 2.24) is 29.9 Å². The summed E-state index contributed by atoms with van der Waals surface area (Å²) in [7, 11) is -9.30. The fourth-order valence-electron chi connectivity index (χ4n) is 8.20. The Bertz CT molecular complexity index is 4290. The van der Waals surface area contributed by atoms with Crippen LogP contribution in [0.5, 0.6) is 11.5 Å². The average molecular weight is 1360 g/mol. The number of hydrogen-bond acceptors (Lipinski definition) is 33. The number of fused-ring (bicyclic) bond motifs is 2. The second-order valence-electron chi connectivity index (χ2n) is 17.7. The number of halogens is 2. The number of phenolic OH excluding ortho intramolecular Hbond substituents is 1. The number of primary sulfonamides is 1. The number of nitrogens with two attached hydrogens (primary N) is 2. The Balaban J connectivity index is 0.000000267. The third kappa shape index (κ3) is 16.8. The Morgan fingerprint density at radius 1 is 0.678 bits per heavy atom. The molecule has 0 aliphatic carbocycles. The molecule has 9 aromatic rings. The van der Waals surface area contributed by atoms with Crippen molar-refractivity contribution >= 4 is 141 Å². The molecular formula is C51H49Cl2N16O17S4-. The minimum atomic E-state index is -4.97. The van der Waals surface area contributed by atoms with Crippen molar-refractivity contribution in [2.75, 3.05) is 22.6 Å². The van der Waals surface area contributed by atoms with Gasteiger partial charge in [0.2, 0.25) is 26.5 Å². The van der Waals surface area contributed by atoms with Gasteiger partial charge in [0.25, 0.3) is 0 Å². The second kappa shape index (κ2) is 30.6. The number of aliphatic hydroxyl groups is 4. The molecule has 0 spiro atoms. The molecule has 3 aromatic heterocycles. The largest absolute Gasteiger partial charge is 0.870 e. The molecule has 474 valence electrons. The van der Waals surface area contributed by atoms with Gasteiger partial charge in [0.15, 0.2) is 12.0 Å². The highest BCUT2D eigenvalue weighted by atomic mass is 35.5. The van der Waals surface area contributed by atoms with E-state index in [0.29, 0.717) is 35.5 Å². The highest BCUT2D eigenvalue weighted by Crippen LogP contribution is 2.49. The Hall–Kier alpha value is -8.13. The Labute approximate surface area is 528 Å². The number of nitrogens with one attached hydrogen (secondary N) is 3. The standard InChI is InChI=1S/C30H30N10O10S2.C19H12Cl2N6O7S2.2CH4/c31-49-50-51-20-12-15-11-17(52(32,46)47)13-18(21(15)25(43)22(20)39-38-16-7-3-1-4-8-16)33-28-35-29(37-30(36-28)40-9-5-2-6-10-40)34-23-26(44)24(42)19(14-41)48-27(23)45;20-17-23-18(21)25-19(24-17)22-12-8-11(36(30,31)32)6-9-7-13(35-34-33-29)15(16(28)14(9)12)27-26-10-4-2-1-3-5-10;;/h1-13,19,23-24,26-27,41-42,44-45H,14,31H2,(H4-,32,33,34,35,36,37,38,43,46,47);1-8,28-29H,(H,30,31,32)(H,22,23,24,25);2*1H4/p-1. The smallest absolute Gasteiger partial charge is 0.444 e. The minimum Gasteiger partial charge on any atom is -0.870 e. The summed E-state index contributed by atoms with van der Waals surface area (Å²) < 4.78 is 76.7. The lowest BCUT2D eigenvalue weighted by Gasteiger charge is -2.39. The maximum absolute atomic E-state index is 13.5. The number of hydrogen-bond donors (Lipinski definition) is 11. The van der Waals surface area contributed by atoms with Crippen LogP contribution in [0.15, 0.2) is 168 Å². The van der Waals surface area contributed by atoms with Gasteiger partial charge in [-0.1, -0.05) is 68.1 Å². The number of ether oxygens (including phenoxy) is 1. The van der Waals surface area contributed by atoms with Crippen molar-refractivity contribution in [3.05, 3.63) is 138 Å².